The van der Waals surface area contributed by atoms with E-state index < -0.39 is 5.91 Å². The predicted molar refractivity (Wildman–Crippen MR) is 69.4 cm³/mol. The van der Waals surface area contributed by atoms with E-state index in [1.165, 1.54) is 30.1 Å². The van der Waals surface area contributed by atoms with Crippen molar-refractivity contribution in [1.82, 2.24) is 4.90 Å². The molecule has 0 saturated heterocycles. The van der Waals surface area contributed by atoms with Gasteiger partial charge < -0.3 is 26.1 Å². The molecule has 7 heteroatoms. The molecule has 0 radical (unpaired) electrons. The van der Waals surface area contributed by atoms with E-state index in [0.717, 1.165) is 0 Å². The lowest BCUT2D eigenvalue weighted by molar-refractivity contribution is 0.0741. The van der Waals surface area contributed by atoms with Gasteiger partial charge in [-0.1, -0.05) is 11.2 Å². The number of amides is 1. The Bertz CT molecular complexity index is 481. The number of oxime groups is 1. The summed E-state index contributed by atoms with van der Waals surface area (Å²) in [6, 6.07) is 3.70. The second-order valence-electron chi connectivity index (χ2n) is 4.23. The Morgan fingerprint density at radius 1 is 1.42 bits per heavy atom. The van der Waals surface area contributed by atoms with Crippen LogP contribution in [0.4, 0.5) is 0 Å². The molecule has 0 aliphatic rings. The number of amidine groups is 1. The summed E-state index contributed by atoms with van der Waals surface area (Å²) in [6.45, 7) is 1.70. The number of phenolic OH excluding ortho intramolecular Hbond substituents is 2. The van der Waals surface area contributed by atoms with Crippen molar-refractivity contribution in [1.29, 1.82) is 0 Å². The number of hydrogen-bond donors (Lipinski definition) is 4. The van der Waals surface area contributed by atoms with Crippen molar-refractivity contribution >= 4 is 11.7 Å². The van der Waals surface area contributed by atoms with Gasteiger partial charge in [-0.05, 0) is 19.1 Å². The Morgan fingerprint density at radius 2 is 1.95 bits per heavy atom. The number of benzene rings is 1. The first kappa shape index (κ1) is 14.6. The summed E-state index contributed by atoms with van der Waals surface area (Å²) in [5.74, 6) is -1.15. The Morgan fingerprint density at radius 3 is 2.42 bits per heavy atom. The highest BCUT2D eigenvalue weighted by atomic mass is 16.4. The maximum absolute atomic E-state index is 12.2. The number of phenols is 2. The van der Waals surface area contributed by atoms with Crippen LogP contribution in [-0.4, -0.2) is 45.2 Å². The van der Waals surface area contributed by atoms with E-state index in [-0.39, 0.29) is 35.4 Å². The topological polar surface area (TPSA) is 119 Å². The van der Waals surface area contributed by atoms with Crippen molar-refractivity contribution in [3.63, 3.8) is 0 Å². The van der Waals surface area contributed by atoms with E-state index >= 15 is 0 Å². The van der Waals surface area contributed by atoms with Crippen LogP contribution >= 0.6 is 0 Å². The molecule has 19 heavy (non-hydrogen) atoms. The van der Waals surface area contributed by atoms with Crippen molar-refractivity contribution in [2.24, 2.45) is 10.9 Å². The first-order chi connectivity index (χ1) is 8.88. The minimum atomic E-state index is -0.547. The van der Waals surface area contributed by atoms with E-state index in [2.05, 4.69) is 5.16 Å². The first-order valence-electron chi connectivity index (χ1n) is 5.63. The number of hydrogen-bond acceptors (Lipinski definition) is 5. The average Bonchev–Trinajstić information content (AvgIpc) is 2.37. The summed E-state index contributed by atoms with van der Waals surface area (Å²) >= 11 is 0. The third kappa shape index (κ3) is 3.27. The normalized spacial score (nSPS) is 13.1. The fourth-order valence-corrected chi connectivity index (χ4v) is 1.60. The van der Waals surface area contributed by atoms with E-state index in [1.807, 2.05) is 0 Å². The van der Waals surface area contributed by atoms with Gasteiger partial charge in [0.25, 0.3) is 5.91 Å². The van der Waals surface area contributed by atoms with Gasteiger partial charge in [0.15, 0.2) is 0 Å². The summed E-state index contributed by atoms with van der Waals surface area (Å²) < 4.78 is 0. The highest BCUT2D eigenvalue weighted by Gasteiger charge is 2.23. The number of rotatable bonds is 4. The molecule has 0 aromatic heterocycles. The van der Waals surface area contributed by atoms with Crippen LogP contribution in [0.5, 0.6) is 11.5 Å². The van der Waals surface area contributed by atoms with Crippen LogP contribution in [0, 0.1) is 0 Å². The Hall–Kier alpha value is -2.44. The van der Waals surface area contributed by atoms with Crippen molar-refractivity contribution in [2.45, 2.75) is 19.4 Å². The van der Waals surface area contributed by atoms with Crippen LogP contribution in [0.25, 0.3) is 0 Å². The zero-order valence-electron chi connectivity index (χ0n) is 10.7. The van der Waals surface area contributed by atoms with Crippen LogP contribution in [0.3, 0.4) is 0 Å². The first-order valence-corrected chi connectivity index (χ1v) is 5.63. The predicted octanol–water partition coefficient (Wildman–Crippen LogP) is 0.695. The molecule has 0 aliphatic heterocycles. The zero-order valence-corrected chi connectivity index (χ0v) is 10.7. The quantitative estimate of drug-likeness (QED) is 0.277. The third-order valence-corrected chi connectivity index (χ3v) is 2.85. The minimum Gasteiger partial charge on any atom is -0.507 e. The van der Waals surface area contributed by atoms with Gasteiger partial charge in [-0.2, -0.15) is 0 Å². The molecule has 0 fully saturated rings. The Balaban J connectivity index is 2.94. The molecule has 1 unspecified atom stereocenters. The molecule has 0 heterocycles. The molecule has 0 spiro atoms. The molecular weight excluding hydrogens is 250 g/mol. The molecule has 1 aromatic rings. The molecular formula is C12H17N3O4. The van der Waals surface area contributed by atoms with E-state index in [0.29, 0.717) is 0 Å². The largest absolute Gasteiger partial charge is 0.507 e. The number of carbonyl (C=O) groups excluding carboxylic acids is 1. The molecule has 1 atom stereocenters. The lowest BCUT2D eigenvalue weighted by atomic mass is 10.1. The summed E-state index contributed by atoms with van der Waals surface area (Å²) in [5.41, 5.74) is 5.20. The highest BCUT2D eigenvalue weighted by molar-refractivity contribution is 5.99. The zero-order chi connectivity index (χ0) is 14.6. The number of nitrogens with zero attached hydrogens (tertiary/aromatic N) is 2. The van der Waals surface area contributed by atoms with Crippen molar-refractivity contribution in [3.8, 4) is 11.5 Å². The van der Waals surface area contributed by atoms with E-state index in [9.17, 15) is 15.0 Å². The maximum atomic E-state index is 12.2. The molecule has 7 nitrogen and oxygen atoms in total. The molecule has 0 saturated carbocycles. The summed E-state index contributed by atoms with van der Waals surface area (Å²) in [6.07, 6.45) is 0.174. The van der Waals surface area contributed by atoms with Crippen LogP contribution in [0.15, 0.2) is 23.4 Å². The van der Waals surface area contributed by atoms with Crippen LogP contribution in [0.2, 0.25) is 0 Å². The molecule has 5 N–H and O–H groups in total. The number of nitrogens with two attached hydrogens (primary N) is 1. The fraction of sp³-hybridized carbons (Fsp3) is 0.333. The van der Waals surface area contributed by atoms with Crippen LogP contribution in [-0.2, 0) is 0 Å². The standard InChI is InChI=1S/C12H17N3O4/c1-7(6-10(13)14-19)15(2)12(18)11-8(16)4-3-5-9(11)17/h3-5,7,16-17,19H,6H2,1-2H3,(H2,13,14). The van der Waals surface area contributed by atoms with Crippen LogP contribution in [0.1, 0.15) is 23.7 Å². The molecule has 1 amide bonds. The minimum absolute atomic E-state index is 0.00587. The Kier molecular flexibility index (Phi) is 4.57. The van der Waals surface area contributed by atoms with Gasteiger partial charge >= 0.3 is 0 Å². The van der Waals surface area contributed by atoms with Gasteiger partial charge in [-0.3, -0.25) is 4.79 Å². The summed E-state index contributed by atoms with van der Waals surface area (Å²) in [7, 11) is 1.50. The van der Waals surface area contributed by atoms with Gasteiger partial charge in [0, 0.05) is 19.5 Å². The van der Waals surface area contributed by atoms with E-state index in [1.54, 1.807) is 6.92 Å². The molecule has 0 bridgehead atoms. The number of carbonyl (C=O) groups is 1. The average molecular weight is 267 g/mol. The molecule has 1 rings (SSSR count). The summed E-state index contributed by atoms with van der Waals surface area (Å²) in [5, 5.41) is 30.6. The molecule has 104 valence electrons. The lowest BCUT2D eigenvalue weighted by Gasteiger charge is -2.25. The molecule has 1 aromatic carbocycles. The summed E-state index contributed by atoms with van der Waals surface area (Å²) in [4.78, 5) is 13.5. The van der Waals surface area contributed by atoms with E-state index in [4.69, 9.17) is 10.9 Å². The highest BCUT2D eigenvalue weighted by Crippen LogP contribution is 2.28. The SMILES string of the molecule is CC(C/C(N)=N/O)N(C)C(=O)c1c(O)cccc1O. The van der Waals surface area contributed by atoms with Gasteiger partial charge in [0.1, 0.15) is 22.9 Å². The third-order valence-electron chi connectivity index (χ3n) is 2.85. The van der Waals surface area contributed by atoms with Gasteiger partial charge in [0.2, 0.25) is 0 Å². The van der Waals surface area contributed by atoms with Crippen molar-refractivity contribution in [3.05, 3.63) is 23.8 Å². The monoisotopic (exact) mass is 267 g/mol. The molecule has 0 aliphatic carbocycles. The smallest absolute Gasteiger partial charge is 0.261 e. The lowest BCUT2D eigenvalue weighted by Crippen LogP contribution is -2.37. The number of aromatic hydroxyl groups is 2. The maximum Gasteiger partial charge on any atom is 0.261 e. The van der Waals surface area contributed by atoms with Gasteiger partial charge in [0.05, 0.1) is 0 Å². The van der Waals surface area contributed by atoms with Crippen molar-refractivity contribution in [2.75, 3.05) is 7.05 Å². The van der Waals surface area contributed by atoms with Crippen molar-refractivity contribution < 1.29 is 20.2 Å². The van der Waals surface area contributed by atoms with Gasteiger partial charge in [-0.15, -0.1) is 0 Å². The Labute approximate surface area is 110 Å². The second-order valence-corrected chi connectivity index (χ2v) is 4.23. The van der Waals surface area contributed by atoms with Crippen LogP contribution < -0.4 is 5.73 Å². The second kappa shape index (κ2) is 5.94. The van der Waals surface area contributed by atoms with Gasteiger partial charge in [-0.25, -0.2) is 0 Å². The fourth-order valence-electron chi connectivity index (χ4n) is 1.60.